The molecule has 0 aliphatic carbocycles. The van der Waals surface area contributed by atoms with E-state index in [1.165, 1.54) is 14.2 Å². The van der Waals surface area contributed by atoms with E-state index in [1.54, 1.807) is 48.7 Å². The average molecular weight is 494 g/mol. The van der Waals surface area contributed by atoms with E-state index >= 15 is 0 Å². The van der Waals surface area contributed by atoms with Gasteiger partial charge in [-0.1, -0.05) is 6.07 Å². The van der Waals surface area contributed by atoms with E-state index in [-0.39, 0.29) is 6.41 Å². The number of halogens is 2. The second-order valence-corrected chi connectivity index (χ2v) is 7.27. The van der Waals surface area contributed by atoms with Crippen LogP contribution in [0.1, 0.15) is 0 Å². The Morgan fingerprint density at radius 3 is 2.25 bits per heavy atom. The van der Waals surface area contributed by atoms with Crippen molar-refractivity contribution >= 4 is 34.7 Å². The Morgan fingerprint density at radius 2 is 1.61 bits per heavy atom. The van der Waals surface area contributed by atoms with Gasteiger partial charge in [-0.15, -0.1) is 0 Å². The summed E-state index contributed by atoms with van der Waals surface area (Å²) in [6.07, 6.45) is 1.68. The summed E-state index contributed by atoms with van der Waals surface area (Å²) in [7, 11) is 3.07. The summed E-state index contributed by atoms with van der Waals surface area (Å²) in [6, 6.07) is 13.7. The van der Waals surface area contributed by atoms with Gasteiger partial charge in [-0.25, -0.2) is 24.0 Å². The lowest BCUT2D eigenvalue weighted by atomic mass is 10.2. The van der Waals surface area contributed by atoms with Gasteiger partial charge in [-0.05, 0) is 48.5 Å². The number of hydrogen-bond donors (Lipinski definition) is 2. The summed E-state index contributed by atoms with van der Waals surface area (Å²) < 4.78 is 44.5. The largest absolute Gasteiger partial charge is 0.493 e. The minimum atomic E-state index is -1.01. The van der Waals surface area contributed by atoms with Crippen LogP contribution in [-0.4, -0.2) is 31.6 Å². The number of para-hydroxylation sites is 1. The van der Waals surface area contributed by atoms with Crippen LogP contribution in [0.2, 0.25) is 0 Å². The van der Waals surface area contributed by atoms with Gasteiger partial charge < -0.3 is 19.5 Å². The number of urea groups is 1. The number of nitrogens with zero attached hydrogens (tertiary/aromatic N) is 2. The molecule has 0 radical (unpaired) electrons. The number of benzene rings is 3. The number of fused-ring (bicyclic) bond motifs is 1. The van der Waals surface area contributed by atoms with Crippen LogP contribution < -0.4 is 30.0 Å². The average Bonchev–Trinajstić information content (AvgIpc) is 2.88. The molecular weight excluding hydrogens is 474 g/mol. The summed E-state index contributed by atoms with van der Waals surface area (Å²) in [5.41, 5.74) is 2.36. The van der Waals surface area contributed by atoms with Crippen LogP contribution >= 0.6 is 0 Å². The first-order valence-electron chi connectivity index (χ1n) is 10.5. The fourth-order valence-electron chi connectivity index (χ4n) is 3.39. The summed E-state index contributed by atoms with van der Waals surface area (Å²) in [4.78, 5) is 27.9. The van der Waals surface area contributed by atoms with Crippen molar-refractivity contribution in [3.05, 3.63) is 78.5 Å². The van der Waals surface area contributed by atoms with Gasteiger partial charge in [0.05, 0.1) is 19.7 Å². The van der Waals surface area contributed by atoms with Crippen molar-refractivity contribution in [3.8, 4) is 23.0 Å². The molecule has 0 fully saturated rings. The van der Waals surface area contributed by atoms with E-state index < -0.39 is 23.4 Å². The van der Waals surface area contributed by atoms with E-state index in [1.807, 2.05) is 0 Å². The van der Waals surface area contributed by atoms with Crippen molar-refractivity contribution in [1.29, 1.82) is 0 Å². The fraction of sp³-hybridized carbons (Fsp3) is 0.0800. The van der Waals surface area contributed by atoms with Crippen molar-refractivity contribution in [1.82, 2.24) is 10.4 Å². The third-order valence-corrected chi connectivity index (χ3v) is 5.05. The molecule has 0 aliphatic rings. The van der Waals surface area contributed by atoms with Crippen LogP contribution in [0, 0.1) is 11.6 Å². The summed E-state index contributed by atoms with van der Waals surface area (Å²) >= 11 is 0. The monoisotopic (exact) mass is 494 g/mol. The smallest absolute Gasteiger partial charge is 0.338 e. The highest BCUT2D eigenvalue weighted by Gasteiger charge is 2.18. The number of aromatic nitrogens is 1. The lowest BCUT2D eigenvalue weighted by Gasteiger charge is -2.19. The Balaban J connectivity index is 1.46. The Kier molecular flexibility index (Phi) is 7.10. The van der Waals surface area contributed by atoms with Crippen molar-refractivity contribution < 1.29 is 32.6 Å². The maximum atomic E-state index is 13.9. The van der Waals surface area contributed by atoms with Gasteiger partial charge in [-0.3, -0.25) is 9.78 Å². The lowest BCUT2D eigenvalue weighted by Crippen LogP contribution is -2.44. The molecule has 3 amide bonds. The minimum absolute atomic E-state index is 0.0850. The molecule has 0 spiro atoms. The third-order valence-electron chi connectivity index (χ3n) is 5.05. The van der Waals surface area contributed by atoms with Gasteiger partial charge in [0.15, 0.2) is 23.1 Å². The van der Waals surface area contributed by atoms with Crippen molar-refractivity contribution in [2.24, 2.45) is 0 Å². The third kappa shape index (κ3) is 5.09. The molecule has 0 atom stereocenters. The van der Waals surface area contributed by atoms with Crippen LogP contribution in [-0.2, 0) is 4.79 Å². The number of nitrogens with one attached hydrogen (secondary N) is 2. The molecule has 2 N–H and O–H groups in total. The van der Waals surface area contributed by atoms with Crippen LogP contribution in [0.5, 0.6) is 23.0 Å². The van der Waals surface area contributed by atoms with E-state index in [9.17, 15) is 18.4 Å². The lowest BCUT2D eigenvalue weighted by molar-refractivity contribution is -0.107. The highest BCUT2D eigenvalue weighted by atomic mass is 19.1. The minimum Gasteiger partial charge on any atom is -0.493 e. The Labute approximate surface area is 204 Å². The Morgan fingerprint density at radius 1 is 0.944 bits per heavy atom. The highest BCUT2D eigenvalue weighted by molar-refractivity contribution is 5.93. The number of hydrazine groups is 1. The first-order valence-corrected chi connectivity index (χ1v) is 10.5. The molecule has 0 saturated carbocycles. The Bertz CT molecular complexity index is 1400. The molecule has 4 aromatic rings. The molecule has 4 rings (SSSR count). The molecule has 0 saturated heterocycles. The van der Waals surface area contributed by atoms with Gasteiger partial charge in [-0.2, -0.15) is 0 Å². The van der Waals surface area contributed by atoms with E-state index in [4.69, 9.17) is 14.2 Å². The number of amides is 3. The summed E-state index contributed by atoms with van der Waals surface area (Å²) in [5.74, 6) is 0.0219. The number of pyridine rings is 1. The predicted octanol–water partition coefficient (Wildman–Crippen LogP) is 5.02. The highest BCUT2D eigenvalue weighted by Crippen LogP contribution is 2.37. The van der Waals surface area contributed by atoms with Crippen LogP contribution in [0.25, 0.3) is 10.9 Å². The maximum absolute atomic E-state index is 13.9. The standard InChI is InChI=1S/C25H20F2N4O5/c1-34-22-12-17-20(13-23(22)35-2)28-11-10-21(17)36-16-8-6-15(7-9-16)29-25(33)30-31(14-32)24-18(26)4-3-5-19(24)27/h3-14H,1-2H3,(H2,29,30,33). The van der Waals surface area contributed by atoms with Gasteiger partial charge in [0, 0.05) is 23.3 Å². The maximum Gasteiger partial charge on any atom is 0.338 e. The Hall–Kier alpha value is -4.93. The fourth-order valence-corrected chi connectivity index (χ4v) is 3.39. The van der Waals surface area contributed by atoms with Crippen LogP contribution in [0.15, 0.2) is 66.9 Å². The molecule has 1 aromatic heterocycles. The molecule has 3 aromatic carbocycles. The van der Waals surface area contributed by atoms with Crippen LogP contribution in [0.3, 0.4) is 0 Å². The van der Waals surface area contributed by atoms with E-state index in [0.29, 0.717) is 44.6 Å². The van der Waals surface area contributed by atoms with E-state index in [2.05, 4.69) is 15.7 Å². The molecule has 0 unspecified atom stereocenters. The normalized spacial score (nSPS) is 10.4. The first-order chi connectivity index (χ1) is 17.4. The molecule has 0 bridgehead atoms. The number of ether oxygens (including phenoxy) is 3. The first kappa shape index (κ1) is 24.2. The van der Waals surface area contributed by atoms with Gasteiger partial charge >= 0.3 is 6.03 Å². The molecule has 184 valence electrons. The van der Waals surface area contributed by atoms with Gasteiger partial charge in [0.2, 0.25) is 6.41 Å². The molecule has 36 heavy (non-hydrogen) atoms. The molecule has 0 aliphatic heterocycles. The number of carbonyl (C=O) groups is 2. The quantitative estimate of drug-likeness (QED) is 0.263. The zero-order valence-corrected chi connectivity index (χ0v) is 19.1. The second-order valence-electron chi connectivity index (χ2n) is 7.27. The van der Waals surface area contributed by atoms with Crippen molar-refractivity contribution in [2.75, 3.05) is 24.5 Å². The van der Waals surface area contributed by atoms with Crippen molar-refractivity contribution in [2.45, 2.75) is 0 Å². The number of carbonyl (C=O) groups excluding carboxylic acids is 2. The summed E-state index contributed by atoms with van der Waals surface area (Å²) in [6.45, 7) is 0. The van der Waals surface area contributed by atoms with Gasteiger partial charge in [0.25, 0.3) is 0 Å². The zero-order valence-electron chi connectivity index (χ0n) is 19.1. The number of rotatable bonds is 8. The summed E-state index contributed by atoms with van der Waals surface area (Å²) in [5, 5.41) is 3.58. The van der Waals surface area contributed by atoms with Crippen LogP contribution in [0.4, 0.5) is 25.0 Å². The molecular formula is C25H20F2N4O5. The SMILES string of the molecule is COc1cc2nccc(Oc3ccc(NC(=O)NN(C=O)c4c(F)cccc4F)cc3)c2cc1OC. The number of methoxy groups -OCH3 is 2. The molecule has 9 nitrogen and oxygen atoms in total. The zero-order chi connectivity index (χ0) is 25.7. The number of hydrogen-bond acceptors (Lipinski definition) is 6. The molecule has 1 heterocycles. The van der Waals surface area contributed by atoms with Gasteiger partial charge in [0.1, 0.15) is 17.2 Å². The molecule has 11 heteroatoms. The van der Waals surface area contributed by atoms with E-state index in [0.717, 1.165) is 18.2 Å². The predicted molar refractivity (Wildman–Crippen MR) is 128 cm³/mol. The second kappa shape index (κ2) is 10.6. The van der Waals surface area contributed by atoms with Crippen molar-refractivity contribution in [3.63, 3.8) is 0 Å². The topological polar surface area (TPSA) is 102 Å². The number of anilines is 2.